The minimum absolute atomic E-state index is 0.148. The number of methoxy groups -OCH3 is 1. The van der Waals surface area contributed by atoms with Crippen LogP contribution in [0.3, 0.4) is 0 Å². The summed E-state index contributed by atoms with van der Waals surface area (Å²) in [6.07, 6.45) is 1.74. The van der Waals surface area contributed by atoms with Crippen LogP contribution in [0.2, 0.25) is 0 Å². The van der Waals surface area contributed by atoms with Crippen LogP contribution in [-0.4, -0.2) is 59.8 Å². The molecule has 1 saturated heterocycles. The van der Waals surface area contributed by atoms with E-state index in [9.17, 15) is 4.79 Å². The fourth-order valence-corrected chi connectivity index (χ4v) is 3.99. The molecule has 1 aliphatic rings. The molecule has 144 valence electrons. The number of rotatable bonds is 5. The molecule has 2 heterocycles. The number of nitrogens with zero attached hydrogens (tertiary/aromatic N) is 4. The summed E-state index contributed by atoms with van der Waals surface area (Å²) in [6.45, 7) is 3.13. The van der Waals surface area contributed by atoms with Crippen LogP contribution < -0.4 is 9.64 Å². The van der Waals surface area contributed by atoms with Crippen molar-refractivity contribution in [1.29, 1.82) is 0 Å². The number of thioether (sulfide) groups is 1. The third-order valence-corrected chi connectivity index (χ3v) is 5.72. The minimum Gasteiger partial charge on any atom is -0.497 e. The lowest BCUT2D eigenvalue weighted by atomic mass is 10.2. The summed E-state index contributed by atoms with van der Waals surface area (Å²) in [5.74, 6) is 1.39. The number of benzene rings is 2. The van der Waals surface area contributed by atoms with E-state index in [4.69, 9.17) is 4.74 Å². The number of hydrogen-bond acceptors (Lipinski definition) is 6. The molecule has 0 aliphatic carbocycles. The standard InChI is InChI=1S/C21H22N4O2S/c1-27-17-8-6-16(7-9-17)24-10-12-25(13-11-24)21(26)15-28-20-14-22-18-4-2-3-5-19(18)23-20/h2-9,14H,10-13,15H2,1H3. The van der Waals surface area contributed by atoms with Crippen LogP contribution in [0.4, 0.5) is 5.69 Å². The van der Waals surface area contributed by atoms with E-state index < -0.39 is 0 Å². The Hall–Kier alpha value is -2.80. The summed E-state index contributed by atoms with van der Waals surface area (Å²) in [6, 6.07) is 15.8. The molecule has 0 radical (unpaired) electrons. The molecule has 0 saturated carbocycles. The van der Waals surface area contributed by atoms with Gasteiger partial charge in [0.2, 0.25) is 5.91 Å². The minimum atomic E-state index is 0.148. The van der Waals surface area contributed by atoms with Crippen molar-refractivity contribution in [1.82, 2.24) is 14.9 Å². The van der Waals surface area contributed by atoms with Crippen molar-refractivity contribution < 1.29 is 9.53 Å². The van der Waals surface area contributed by atoms with Gasteiger partial charge in [-0.15, -0.1) is 0 Å². The van der Waals surface area contributed by atoms with Crippen LogP contribution in [0.5, 0.6) is 5.75 Å². The van der Waals surface area contributed by atoms with Gasteiger partial charge in [-0.1, -0.05) is 23.9 Å². The zero-order chi connectivity index (χ0) is 19.3. The Kier molecular flexibility index (Phi) is 5.62. The number of ether oxygens (including phenoxy) is 1. The van der Waals surface area contributed by atoms with Gasteiger partial charge in [0.15, 0.2) is 0 Å². The molecular formula is C21H22N4O2S. The SMILES string of the molecule is COc1ccc(N2CCN(C(=O)CSc3cnc4ccccc4n3)CC2)cc1. The number of amides is 1. The number of aromatic nitrogens is 2. The maximum absolute atomic E-state index is 12.6. The zero-order valence-corrected chi connectivity index (χ0v) is 16.6. The number of carbonyl (C=O) groups excluding carboxylic acids is 1. The van der Waals surface area contributed by atoms with Gasteiger partial charge < -0.3 is 14.5 Å². The smallest absolute Gasteiger partial charge is 0.233 e. The Labute approximate surface area is 168 Å². The first-order valence-electron chi connectivity index (χ1n) is 9.24. The van der Waals surface area contributed by atoms with Gasteiger partial charge in [0, 0.05) is 31.9 Å². The van der Waals surface area contributed by atoms with Gasteiger partial charge in [-0.05, 0) is 36.4 Å². The number of carbonyl (C=O) groups is 1. The van der Waals surface area contributed by atoms with E-state index in [1.54, 1.807) is 13.3 Å². The molecule has 2 aromatic carbocycles. The maximum Gasteiger partial charge on any atom is 0.233 e. The number of fused-ring (bicyclic) bond motifs is 1. The predicted octanol–water partition coefficient (Wildman–Crippen LogP) is 3.08. The Morgan fingerprint density at radius 1 is 1.04 bits per heavy atom. The van der Waals surface area contributed by atoms with Gasteiger partial charge in [-0.2, -0.15) is 0 Å². The summed E-state index contributed by atoms with van der Waals surface area (Å²) in [5, 5.41) is 0.781. The van der Waals surface area contributed by atoms with Crippen LogP contribution in [0, 0.1) is 0 Å². The lowest BCUT2D eigenvalue weighted by molar-refractivity contribution is -0.128. The molecule has 28 heavy (non-hydrogen) atoms. The molecule has 3 aromatic rings. The van der Waals surface area contributed by atoms with Crippen molar-refractivity contribution >= 4 is 34.4 Å². The van der Waals surface area contributed by atoms with Gasteiger partial charge in [-0.3, -0.25) is 9.78 Å². The molecule has 4 rings (SSSR count). The molecule has 0 spiro atoms. The van der Waals surface area contributed by atoms with Crippen LogP contribution in [-0.2, 0) is 4.79 Å². The second-order valence-corrected chi connectivity index (χ2v) is 7.55. The maximum atomic E-state index is 12.6. The Morgan fingerprint density at radius 2 is 1.75 bits per heavy atom. The van der Waals surface area contributed by atoms with Crippen molar-refractivity contribution in [2.75, 3.05) is 43.9 Å². The van der Waals surface area contributed by atoms with Crippen molar-refractivity contribution in [3.8, 4) is 5.75 Å². The van der Waals surface area contributed by atoms with E-state index >= 15 is 0 Å². The van der Waals surface area contributed by atoms with Crippen molar-refractivity contribution in [3.63, 3.8) is 0 Å². The highest BCUT2D eigenvalue weighted by atomic mass is 32.2. The van der Waals surface area contributed by atoms with E-state index in [2.05, 4.69) is 27.0 Å². The Bertz CT molecular complexity index is 956. The summed E-state index contributed by atoms with van der Waals surface area (Å²) < 4.78 is 5.21. The van der Waals surface area contributed by atoms with E-state index in [-0.39, 0.29) is 5.91 Å². The lowest BCUT2D eigenvalue weighted by Gasteiger charge is -2.36. The summed E-state index contributed by atoms with van der Waals surface area (Å²) in [7, 11) is 1.67. The van der Waals surface area contributed by atoms with Gasteiger partial charge in [-0.25, -0.2) is 4.98 Å². The molecule has 1 amide bonds. The topological polar surface area (TPSA) is 58.6 Å². The van der Waals surface area contributed by atoms with E-state index in [0.717, 1.165) is 53.7 Å². The highest BCUT2D eigenvalue weighted by Gasteiger charge is 2.21. The number of hydrogen-bond donors (Lipinski definition) is 0. The largest absolute Gasteiger partial charge is 0.497 e. The van der Waals surface area contributed by atoms with Crippen molar-refractivity contribution in [2.45, 2.75) is 5.03 Å². The quantitative estimate of drug-likeness (QED) is 0.620. The Balaban J connectivity index is 1.29. The average Bonchev–Trinajstić information content (AvgIpc) is 2.77. The number of piperazine rings is 1. The second-order valence-electron chi connectivity index (χ2n) is 6.55. The first kappa shape index (κ1) is 18.6. The number of para-hydroxylation sites is 2. The fraction of sp³-hybridized carbons (Fsp3) is 0.286. The third-order valence-electron chi connectivity index (χ3n) is 4.84. The van der Waals surface area contributed by atoms with Crippen LogP contribution in [0.1, 0.15) is 0 Å². The average molecular weight is 395 g/mol. The van der Waals surface area contributed by atoms with Gasteiger partial charge >= 0.3 is 0 Å². The second kappa shape index (κ2) is 8.48. The molecule has 0 unspecified atom stereocenters. The summed E-state index contributed by atoms with van der Waals surface area (Å²) in [4.78, 5) is 25.8. The lowest BCUT2D eigenvalue weighted by Crippen LogP contribution is -2.49. The van der Waals surface area contributed by atoms with Crippen LogP contribution in [0.25, 0.3) is 11.0 Å². The fourth-order valence-electron chi connectivity index (χ4n) is 3.24. The van der Waals surface area contributed by atoms with E-state index in [1.165, 1.54) is 11.8 Å². The molecule has 0 atom stereocenters. The first-order valence-corrected chi connectivity index (χ1v) is 10.2. The Morgan fingerprint density at radius 3 is 2.46 bits per heavy atom. The molecule has 7 heteroatoms. The normalized spacial score (nSPS) is 14.3. The number of anilines is 1. The van der Waals surface area contributed by atoms with Crippen molar-refractivity contribution in [3.05, 3.63) is 54.7 Å². The molecule has 0 N–H and O–H groups in total. The third kappa shape index (κ3) is 4.20. The van der Waals surface area contributed by atoms with Crippen molar-refractivity contribution in [2.24, 2.45) is 0 Å². The van der Waals surface area contributed by atoms with Gasteiger partial charge in [0.1, 0.15) is 10.8 Å². The highest BCUT2D eigenvalue weighted by molar-refractivity contribution is 7.99. The molecule has 1 aliphatic heterocycles. The first-order chi connectivity index (χ1) is 13.7. The van der Waals surface area contributed by atoms with Crippen LogP contribution >= 0.6 is 11.8 Å². The van der Waals surface area contributed by atoms with Gasteiger partial charge in [0.25, 0.3) is 0 Å². The van der Waals surface area contributed by atoms with E-state index in [1.807, 2.05) is 41.3 Å². The summed E-state index contributed by atoms with van der Waals surface area (Å²) >= 11 is 1.45. The highest BCUT2D eigenvalue weighted by Crippen LogP contribution is 2.22. The zero-order valence-electron chi connectivity index (χ0n) is 15.7. The van der Waals surface area contributed by atoms with Crippen LogP contribution in [0.15, 0.2) is 59.8 Å². The molecule has 0 bridgehead atoms. The molecule has 6 nitrogen and oxygen atoms in total. The predicted molar refractivity (Wildman–Crippen MR) is 112 cm³/mol. The molecular weight excluding hydrogens is 372 g/mol. The van der Waals surface area contributed by atoms with E-state index in [0.29, 0.717) is 5.75 Å². The molecule has 1 aromatic heterocycles. The monoisotopic (exact) mass is 394 g/mol. The van der Waals surface area contributed by atoms with Gasteiger partial charge in [0.05, 0.1) is 30.1 Å². The molecule has 1 fully saturated rings. The summed E-state index contributed by atoms with van der Waals surface area (Å²) in [5.41, 5.74) is 2.88.